The van der Waals surface area contributed by atoms with Gasteiger partial charge in [0, 0.05) is 16.5 Å². The number of hydrogen-bond donors (Lipinski definition) is 0. The smallest absolute Gasteiger partial charge is 0.238 e. The van der Waals surface area contributed by atoms with E-state index in [9.17, 15) is 8.42 Å². The van der Waals surface area contributed by atoms with Crippen LogP contribution in [-0.2, 0) is 10.0 Å². The summed E-state index contributed by atoms with van der Waals surface area (Å²) in [6.07, 6.45) is 1.63. The van der Waals surface area contributed by atoms with Gasteiger partial charge in [-0.25, -0.2) is 12.4 Å². The summed E-state index contributed by atoms with van der Waals surface area (Å²) in [6.45, 7) is 1.66. The van der Waals surface area contributed by atoms with Crippen LogP contribution < -0.4 is 0 Å². The molecular weight excluding hydrogens is 278 g/mol. The summed E-state index contributed by atoms with van der Waals surface area (Å²) in [4.78, 5) is 1.14. The number of aromatic nitrogens is 1. The van der Waals surface area contributed by atoms with Gasteiger partial charge < -0.3 is 0 Å². The third-order valence-corrected chi connectivity index (χ3v) is 5.69. The fourth-order valence-corrected chi connectivity index (χ4v) is 3.79. The molecule has 0 fully saturated rings. The average molecular weight is 291 g/mol. The molecule has 2 aromatic heterocycles. The molecule has 3 nitrogen and oxygen atoms in total. The predicted octanol–water partition coefficient (Wildman–Crippen LogP) is 3.57. The van der Waals surface area contributed by atoms with Crippen LogP contribution in [0.1, 0.15) is 6.92 Å². The van der Waals surface area contributed by atoms with E-state index in [1.807, 2.05) is 41.8 Å². The molecule has 2 heterocycles. The lowest BCUT2D eigenvalue weighted by Crippen LogP contribution is -2.13. The van der Waals surface area contributed by atoms with Crippen molar-refractivity contribution in [2.75, 3.05) is 5.75 Å². The van der Waals surface area contributed by atoms with E-state index in [4.69, 9.17) is 0 Å². The Morgan fingerprint density at radius 1 is 1.21 bits per heavy atom. The fourth-order valence-electron chi connectivity index (χ4n) is 2.08. The zero-order valence-electron chi connectivity index (χ0n) is 10.4. The molecule has 1 aromatic carbocycles. The summed E-state index contributed by atoms with van der Waals surface area (Å²) in [5, 5.41) is 2.96. The van der Waals surface area contributed by atoms with E-state index in [0.717, 1.165) is 21.3 Å². The van der Waals surface area contributed by atoms with Crippen molar-refractivity contribution in [3.63, 3.8) is 0 Å². The van der Waals surface area contributed by atoms with Crippen molar-refractivity contribution in [3.8, 4) is 10.4 Å². The van der Waals surface area contributed by atoms with E-state index in [2.05, 4.69) is 0 Å². The van der Waals surface area contributed by atoms with E-state index >= 15 is 0 Å². The first-order valence-corrected chi connectivity index (χ1v) is 8.49. The Morgan fingerprint density at radius 3 is 2.74 bits per heavy atom. The molecule has 0 bridgehead atoms. The Hall–Kier alpha value is -1.59. The first kappa shape index (κ1) is 12.4. The number of thiophene rings is 1. The molecule has 0 aliphatic carbocycles. The molecule has 0 radical (unpaired) electrons. The molecule has 3 aromatic rings. The molecule has 0 atom stereocenters. The van der Waals surface area contributed by atoms with Crippen molar-refractivity contribution in [2.24, 2.45) is 0 Å². The van der Waals surface area contributed by atoms with Crippen molar-refractivity contribution < 1.29 is 8.42 Å². The number of rotatable bonds is 3. The van der Waals surface area contributed by atoms with Crippen LogP contribution in [0.5, 0.6) is 0 Å². The standard InChI is InChI=1S/C14H13NO2S2/c1-2-19(16,17)15-8-7-11-5-6-12(10-13(11)15)14-4-3-9-18-14/h3-10H,2H2,1H3. The highest BCUT2D eigenvalue weighted by molar-refractivity contribution is 7.90. The van der Waals surface area contributed by atoms with Crippen LogP contribution in [0.25, 0.3) is 21.3 Å². The fraction of sp³-hybridized carbons (Fsp3) is 0.143. The molecule has 0 saturated carbocycles. The molecular formula is C14H13NO2S2. The normalized spacial score (nSPS) is 12.1. The topological polar surface area (TPSA) is 39.1 Å². The minimum absolute atomic E-state index is 0.0972. The molecule has 0 saturated heterocycles. The zero-order valence-corrected chi connectivity index (χ0v) is 12.0. The van der Waals surface area contributed by atoms with Gasteiger partial charge in [0.2, 0.25) is 10.0 Å². The summed E-state index contributed by atoms with van der Waals surface area (Å²) in [6, 6.07) is 11.8. The first-order chi connectivity index (χ1) is 9.12. The molecule has 0 spiro atoms. The Labute approximate surface area is 116 Å². The van der Waals surface area contributed by atoms with Gasteiger partial charge in [0.15, 0.2) is 0 Å². The molecule has 0 unspecified atom stereocenters. The second-order valence-electron chi connectivity index (χ2n) is 4.26. The maximum atomic E-state index is 12.0. The lowest BCUT2D eigenvalue weighted by molar-refractivity contribution is 0.590. The van der Waals surface area contributed by atoms with Crippen LogP contribution in [-0.4, -0.2) is 18.1 Å². The van der Waals surface area contributed by atoms with Gasteiger partial charge in [-0.2, -0.15) is 0 Å². The molecule has 98 valence electrons. The summed E-state index contributed by atoms with van der Waals surface area (Å²) in [5.41, 5.74) is 1.79. The summed E-state index contributed by atoms with van der Waals surface area (Å²) >= 11 is 1.65. The van der Waals surface area contributed by atoms with Crippen LogP contribution in [0.2, 0.25) is 0 Å². The van der Waals surface area contributed by atoms with Crippen LogP contribution in [0.3, 0.4) is 0 Å². The maximum absolute atomic E-state index is 12.0. The van der Waals surface area contributed by atoms with Crippen molar-refractivity contribution >= 4 is 32.3 Å². The average Bonchev–Trinajstić information content (AvgIpc) is 3.07. The van der Waals surface area contributed by atoms with Crippen molar-refractivity contribution in [1.29, 1.82) is 0 Å². The van der Waals surface area contributed by atoms with Crippen LogP contribution in [0, 0.1) is 0 Å². The van der Waals surface area contributed by atoms with Gasteiger partial charge in [0.1, 0.15) is 0 Å². The van der Waals surface area contributed by atoms with Crippen molar-refractivity contribution in [3.05, 3.63) is 48.0 Å². The Kier molecular flexibility index (Phi) is 2.95. The summed E-state index contributed by atoms with van der Waals surface area (Å²) in [5.74, 6) is 0.0972. The van der Waals surface area contributed by atoms with Gasteiger partial charge in [-0.3, -0.25) is 0 Å². The van der Waals surface area contributed by atoms with Gasteiger partial charge in [-0.15, -0.1) is 11.3 Å². The van der Waals surface area contributed by atoms with Gasteiger partial charge in [0.25, 0.3) is 0 Å². The second-order valence-corrected chi connectivity index (χ2v) is 7.35. The van der Waals surface area contributed by atoms with E-state index in [0.29, 0.717) is 0 Å². The maximum Gasteiger partial charge on any atom is 0.238 e. The highest BCUT2D eigenvalue weighted by atomic mass is 32.2. The Bertz CT molecular complexity index is 814. The third kappa shape index (κ3) is 2.09. The minimum Gasteiger partial charge on any atom is -0.245 e. The third-order valence-electron chi connectivity index (χ3n) is 3.13. The number of nitrogens with zero attached hydrogens (tertiary/aromatic N) is 1. The predicted molar refractivity (Wildman–Crippen MR) is 80.1 cm³/mol. The highest BCUT2D eigenvalue weighted by Gasteiger charge is 2.13. The minimum atomic E-state index is -3.25. The first-order valence-electron chi connectivity index (χ1n) is 6.00. The molecule has 5 heteroatoms. The monoisotopic (exact) mass is 291 g/mol. The number of benzene rings is 1. The molecule has 0 aliphatic rings. The number of fused-ring (bicyclic) bond motifs is 1. The molecule has 0 aliphatic heterocycles. The Balaban J connectivity index is 2.25. The van der Waals surface area contributed by atoms with E-state index in [1.165, 1.54) is 3.97 Å². The molecule has 19 heavy (non-hydrogen) atoms. The van der Waals surface area contributed by atoms with Crippen molar-refractivity contribution in [1.82, 2.24) is 3.97 Å². The molecule has 0 N–H and O–H groups in total. The van der Waals surface area contributed by atoms with Gasteiger partial charge in [0.05, 0.1) is 11.3 Å². The van der Waals surface area contributed by atoms with Gasteiger partial charge in [-0.05, 0) is 36.1 Å². The summed E-state index contributed by atoms with van der Waals surface area (Å²) < 4.78 is 25.5. The number of hydrogen-bond acceptors (Lipinski definition) is 3. The van der Waals surface area contributed by atoms with Crippen LogP contribution in [0.15, 0.2) is 48.0 Å². The van der Waals surface area contributed by atoms with Gasteiger partial charge in [-0.1, -0.05) is 18.2 Å². The van der Waals surface area contributed by atoms with Crippen LogP contribution in [0.4, 0.5) is 0 Å². The van der Waals surface area contributed by atoms with Crippen LogP contribution >= 0.6 is 11.3 Å². The van der Waals surface area contributed by atoms with Crippen molar-refractivity contribution in [2.45, 2.75) is 6.92 Å². The van der Waals surface area contributed by atoms with Gasteiger partial charge >= 0.3 is 0 Å². The molecule has 3 rings (SSSR count). The lowest BCUT2D eigenvalue weighted by Gasteiger charge is -2.06. The largest absolute Gasteiger partial charge is 0.245 e. The lowest BCUT2D eigenvalue weighted by atomic mass is 10.1. The zero-order chi connectivity index (χ0) is 13.5. The Morgan fingerprint density at radius 2 is 2.05 bits per heavy atom. The highest BCUT2D eigenvalue weighted by Crippen LogP contribution is 2.29. The van der Waals surface area contributed by atoms with E-state index < -0.39 is 10.0 Å². The molecule has 0 amide bonds. The quantitative estimate of drug-likeness (QED) is 0.740. The SMILES string of the molecule is CCS(=O)(=O)n1ccc2ccc(-c3cccs3)cc21. The van der Waals surface area contributed by atoms with E-state index in [-0.39, 0.29) is 5.75 Å². The summed E-state index contributed by atoms with van der Waals surface area (Å²) in [7, 11) is -3.25. The van der Waals surface area contributed by atoms with E-state index in [1.54, 1.807) is 24.5 Å². The second kappa shape index (κ2) is 4.51.